The zero-order chi connectivity index (χ0) is 11.8. The number of esters is 1. The van der Waals surface area contributed by atoms with Crippen LogP contribution in [0.1, 0.15) is 17.5 Å². The van der Waals surface area contributed by atoms with Gasteiger partial charge in [-0.05, 0) is 18.9 Å². The molecule has 1 fully saturated rings. The number of ether oxygens (including phenoxy) is 1. The van der Waals surface area contributed by atoms with Crippen molar-refractivity contribution in [3.8, 4) is 6.07 Å². The molecule has 0 heterocycles. The lowest BCUT2D eigenvalue weighted by atomic mass is 9.93. The highest BCUT2D eigenvalue weighted by atomic mass is 16.5. The maximum atomic E-state index is 11.8. The zero-order valence-electron chi connectivity index (χ0n) is 9.36. The molecule has 0 bridgehead atoms. The molecular weight excluding hydrogens is 202 g/mol. The first-order valence-corrected chi connectivity index (χ1v) is 5.20. The first-order valence-electron chi connectivity index (χ1n) is 5.20. The third-order valence-corrected chi connectivity index (χ3v) is 3.23. The van der Waals surface area contributed by atoms with E-state index in [1.54, 1.807) is 0 Å². The number of methoxy groups -OCH3 is 1. The van der Waals surface area contributed by atoms with E-state index in [1.165, 1.54) is 7.11 Å². The Kier molecular flexibility index (Phi) is 2.43. The van der Waals surface area contributed by atoms with Crippen molar-refractivity contribution < 1.29 is 9.53 Å². The van der Waals surface area contributed by atoms with Gasteiger partial charge in [0.05, 0.1) is 19.1 Å². The van der Waals surface area contributed by atoms with E-state index in [1.807, 2.05) is 31.2 Å². The molecular formula is C13H13NO2. The van der Waals surface area contributed by atoms with Crippen molar-refractivity contribution in [2.24, 2.45) is 5.92 Å². The summed E-state index contributed by atoms with van der Waals surface area (Å²) >= 11 is 0. The standard InChI is InChI=1S/C13H13NO2/c1-9-3-5-10(6-4-9)13(12(15)16-2)7-11(13)8-14/h3-6,11H,7H2,1-2H3/t11-,13-/m1/s1. The summed E-state index contributed by atoms with van der Waals surface area (Å²) in [4.78, 5) is 11.8. The third-order valence-electron chi connectivity index (χ3n) is 3.23. The van der Waals surface area contributed by atoms with Gasteiger partial charge < -0.3 is 4.74 Å². The molecule has 3 nitrogen and oxygen atoms in total. The number of aryl methyl sites for hydroxylation is 1. The summed E-state index contributed by atoms with van der Waals surface area (Å²) in [6.07, 6.45) is 0.569. The minimum Gasteiger partial charge on any atom is -0.468 e. The largest absolute Gasteiger partial charge is 0.468 e. The Morgan fingerprint density at radius 1 is 1.50 bits per heavy atom. The van der Waals surface area contributed by atoms with Gasteiger partial charge in [-0.15, -0.1) is 0 Å². The van der Waals surface area contributed by atoms with E-state index in [9.17, 15) is 4.79 Å². The van der Waals surface area contributed by atoms with Gasteiger partial charge in [0, 0.05) is 0 Å². The summed E-state index contributed by atoms with van der Waals surface area (Å²) in [5.41, 5.74) is 1.31. The highest BCUT2D eigenvalue weighted by molar-refractivity contribution is 5.88. The normalized spacial score (nSPS) is 26.9. The number of benzene rings is 1. The van der Waals surface area contributed by atoms with E-state index in [-0.39, 0.29) is 11.9 Å². The Balaban J connectivity index is 2.40. The smallest absolute Gasteiger partial charge is 0.317 e. The van der Waals surface area contributed by atoms with E-state index in [0.29, 0.717) is 6.42 Å². The van der Waals surface area contributed by atoms with Crippen LogP contribution in [0.4, 0.5) is 0 Å². The van der Waals surface area contributed by atoms with Gasteiger partial charge in [-0.3, -0.25) is 4.79 Å². The lowest BCUT2D eigenvalue weighted by Crippen LogP contribution is -2.24. The maximum absolute atomic E-state index is 11.8. The molecule has 2 rings (SSSR count). The quantitative estimate of drug-likeness (QED) is 0.708. The molecule has 0 unspecified atom stereocenters. The van der Waals surface area contributed by atoms with Crippen LogP contribution in [0.25, 0.3) is 0 Å². The van der Waals surface area contributed by atoms with Crippen molar-refractivity contribution >= 4 is 5.97 Å². The van der Waals surface area contributed by atoms with Crippen molar-refractivity contribution in [2.75, 3.05) is 7.11 Å². The van der Waals surface area contributed by atoms with Gasteiger partial charge in [-0.25, -0.2) is 0 Å². The molecule has 1 aromatic carbocycles. The number of hydrogen-bond acceptors (Lipinski definition) is 3. The minimum absolute atomic E-state index is 0.248. The van der Waals surface area contributed by atoms with Crippen LogP contribution in [0.2, 0.25) is 0 Å². The van der Waals surface area contributed by atoms with E-state index < -0.39 is 5.41 Å². The minimum atomic E-state index is -0.711. The SMILES string of the molecule is COC(=O)[C@@]1(c2ccc(C)cc2)C[C@@H]1C#N. The second kappa shape index (κ2) is 3.64. The van der Waals surface area contributed by atoms with Crippen LogP contribution >= 0.6 is 0 Å². The third kappa shape index (κ3) is 1.38. The van der Waals surface area contributed by atoms with Gasteiger partial charge >= 0.3 is 5.97 Å². The topological polar surface area (TPSA) is 50.1 Å². The lowest BCUT2D eigenvalue weighted by Gasteiger charge is -2.13. The van der Waals surface area contributed by atoms with Crippen molar-refractivity contribution in [1.82, 2.24) is 0 Å². The number of nitrogens with zero attached hydrogens (tertiary/aromatic N) is 1. The number of nitriles is 1. The predicted molar refractivity (Wildman–Crippen MR) is 58.6 cm³/mol. The molecule has 0 saturated heterocycles. The summed E-state index contributed by atoms with van der Waals surface area (Å²) in [7, 11) is 1.37. The number of carbonyl (C=O) groups is 1. The van der Waals surface area contributed by atoms with Crippen LogP contribution in [0.3, 0.4) is 0 Å². The van der Waals surface area contributed by atoms with Crippen LogP contribution in [0.15, 0.2) is 24.3 Å². The van der Waals surface area contributed by atoms with E-state index in [0.717, 1.165) is 11.1 Å². The van der Waals surface area contributed by atoms with Crippen molar-refractivity contribution in [2.45, 2.75) is 18.8 Å². The summed E-state index contributed by atoms with van der Waals surface area (Å²) in [5, 5.41) is 8.94. The molecule has 1 saturated carbocycles. The fourth-order valence-electron chi connectivity index (χ4n) is 2.11. The van der Waals surface area contributed by atoms with Crippen LogP contribution in [-0.2, 0) is 14.9 Å². The number of hydrogen-bond donors (Lipinski definition) is 0. The first kappa shape index (κ1) is 10.7. The average Bonchev–Trinajstić information content (AvgIpc) is 3.04. The van der Waals surface area contributed by atoms with Crippen molar-refractivity contribution in [3.63, 3.8) is 0 Å². The number of carbonyl (C=O) groups excluding carboxylic acids is 1. The van der Waals surface area contributed by atoms with Gasteiger partial charge in [0.15, 0.2) is 0 Å². The molecule has 3 heteroatoms. The zero-order valence-corrected chi connectivity index (χ0v) is 9.36. The van der Waals surface area contributed by atoms with Crippen molar-refractivity contribution in [3.05, 3.63) is 35.4 Å². The molecule has 1 aliphatic rings. The molecule has 0 aromatic heterocycles. The lowest BCUT2D eigenvalue weighted by molar-refractivity contribution is -0.144. The molecule has 0 aliphatic heterocycles. The highest BCUT2D eigenvalue weighted by Crippen LogP contribution is 2.54. The Hall–Kier alpha value is -1.82. The molecule has 0 radical (unpaired) electrons. The molecule has 1 aliphatic carbocycles. The molecule has 0 spiro atoms. The highest BCUT2D eigenvalue weighted by Gasteiger charge is 2.62. The monoisotopic (exact) mass is 215 g/mol. The Bertz CT molecular complexity index is 458. The fourth-order valence-corrected chi connectivity index (χ4v) is 2.11. The molecule has 0 N–H and O–H groups in total. The van der Waals surface area contributed by atoms with E-state index in [2.05, 4.69) is 6.07 Å². The summed E-state index contributed by atoms with van der Waals surface area (Å²) < 4.78 is 4.80. The van der Waals surface area contributed by atoms with Gasteiger partial charge in [0.2, 0.25) is 0 Å². The predicted octanol–water partition coefficient (Wildman–Crippen LogP) is 1.95. The summed E-state index contributed by atoms with van der Waals surface area (Å²) in [5.74, 6) is -0.550. The van der Waals surface area contributed by atoms with Crippen LogP contribution < -0.4 is 0 Å². The summed E-state index contributed by atoms with van der Waals surface area (Å²) in [6, 6.07) is 9.87. The van der Waals surface area contributed by atoms with Gasteiger partial charge in [-0.1, -0.05) is 29.8 Å². The second-order valence-corrected chi connectivity index (χ2v) is 4.21. The molecule has 2 atom stereocenters. The second-order valence-electron chi connectivity index (χ2n) is 4.21. The van der Waals surface area contributed by atoms with Gasteiger partial charge in [0.1, 0.15) is 5.41 Å². The molecule has 82 valence electrons. The Morgan fingerprint density at radius 3 is 2.56 bits per heavy atom. The van der Waals surface area contributed by atoms with Crippen LogP contribution in [0, 0.1) is 24.2 Å². The van der Waals surface area contributed by atoms with Crippen molar-refractivity contribution in [1.29, 1.82) is 5.26 Å². The van der Waals surface area contributed by atoms with Gasteiger partial charge in [0.25, 0.3) is 0 Å². The van der Waals surface area contributed by atoms with E-state index in [4.69, 9.17) is 10.00 Å². The van der Waals surface area contributed by atoms with Crippen LogP contribution in [0.5, 0.6) is 0 Å². The van der Waals surface area contributed by atoms with Gasteiger partial charge in [-0.2, -0.15) is 5.26 Å². The maximum Gasteiger partial charge on any atom is 0.317 e. The Morgan fingerprint density at radius 2 is 2.12 bits per heavy atom. The first-order chi connectivity index (χ1) is 7.65. The summed E-state index contributed by atoms with van der Waals surface area (Å²) in [6.45, 7) is 1.99. The molecule has 1 aromatic rings. The Labute approximate surface area is 94.6 Å². The van der Waals surface area contributed by atoms with Crippen LogP contribution in [-0.4, -0.2) is 13.1 Å². The number of rotatable bonds is 2. The molecule has 0 amide bonds. The fraction of sp³-hybridized carbons (Fsp3) is 0.385. The average molecular weight is 215 g/mol. The van der Waals surface area contributed by atoms with E-state index >= 15 is 0 Å². The molecule has 16 heavy (non-hydrogen) atoms.